The second-order valence-electron chi connectivity index (χ2n) is 15.0. The predicted octanol–water partition coefficient (Wildman–Crippen LogP) is 10.7. The van der Waals surface area contributed by atoms with Crippen LogP contribution in [0.25, 0.3) is 0 Å². The average molecular weight is 690 g/mol. The van der Waals surface area contributed by atoms with E-state index in [1.54, 1.807) is 0 Å². The van der Waals surface area contributed by atoms with Crippen LogP contribution in [0.3, 0.4) is 0 Å². The van der Waals surface area contributed by atoms with E-state index < -0.39 is 28.8 Å². The number of halogens is 4. The molecule has 0 saturated heterocycles. The van der Waals surface area contributed by atoms with Crippen LogP contribution in [0.4, 0.5) is 17.6 Å². The molecular formula is C43H51F4NO2. The normalized spacial score (nSPS) is 16.7. The second-order valence-corrected chi connectivity index (χ2v) is 15.0. The second kappa shape index (κ2) is 16.2. The van der Waals surface area contributed by atoms with Gasteiger partial charge < -0.3 is 14.8 Å². The van der Waals surface area contributed by atoms with Crippen LogP contribution in [0.5, 0.6) is 0 Å². The van der Waals surface area contributed by atoms with Crippen molar-refractivity contribution in [2.45, 2.75) is 97.8 Å². The predicted molar refractivity (Wildman–Crippen MR) is 192 cm³/mol. The lowest BCUT2D eigenvalue weighted by molar-refractivity contribution is 0.0376. The fourth-order valence-corrected chi connectivity index (χ4v) is 7.88. The van der Waals surface area contributed by atoms with Gasteiger partial charge >= 0.3 is 0 Å². The topological polar surface area (TPSA) is 30.5 Å². The summed E-state index contributed by atoms with van der Waals surface area (Å²) in [6, 6.07) is 20.2. The van der Waals surface area contributed by atoms with Crippen molar-refractivity contribution in [1.82, 2.24) is 5.32 Å². The highest BCUT2D eigenvalue weighted by molar-refractivity contribution is 5.40. The molecule has 1 N–H and O–H groups in total. The van der Waals surface area contributed by atoms with Crippen molar-refractivity contribution in [3.63, 3.8) is 0 Å². The monoisotopic (exact) mass is 689 g/mol. The smallest absolute Gasteiger partial charge is 0.131 e. The van der Waals surface area contributed by atoms with Gasteiger partial charge in [-0.15, -0.1) is 0 Å². The molecule has 4 aromatic rings. The molecule has 2 atom stereocenters. The quantitative estimate of drug-likeness (QED) is 0.134. The Bertz CT molecular complexity index is 1680. The average Bonchev–Trinajstić information content (AvgIpc) is 3.06. The third-order valence-electron chi connectivity index (χ3n) is 10.9. The molecular weight excluding hydrogens is 638 g/mol. The molecule has 5 rings (SSSR count). The van der Waals surface area contributed by atoms with Gasteiger partial charge in [-0.2, -0.15) is 0 Å². The molecule has 3 nitrogen and oxygen atoms in total. The zero-order valence-corrected chi connectivity index (χ0v) is 30.3. The molecule has 7 heteroatoms. The zero-order valence-electron chi connectivity index (χ0n) is 30.3. The number of aryl methyl sites for hydroxylation is 4. The van der Waals surface area contributed by atoms with Crippen LogP contribution in [0.15, 0.2) is 72.8 Å². The summed E-state index contributed by atoms with van der Waals surface area (Å²) in [5.41, 5.74) is 6.46. The minimum atomic E-state index is -0.623. The lowest BCUT2D eigenvalue weighted by atomic mass is 9.62. The summed E-state index contributed by atoms with van der Waals surface area (Å²) < 4.78 is 70.7. The van der Waals surface area contributed by atoms with Crippen molar-refractivity contribution in [1.29, 1.82) is 0 Å². The molecule has 0 spiro atoms. The van der Waals surface area contributed by atoms with Gasteiger partial charge in [0.05, 0.1) is 26.4 Å². The van der Waals surface area contributed by atoms with Gasteiger partial charge in [-0.05, 0) is 116 Å². The third-order valence-corrected chi connectivity index (χ3v) is 10.9. The molecule has 4 aromatic carbocycles. The van der Waals surface area contributed by atoms with E-state index in [1.807, 2.05) is 6.07 Å². The molecule has 1 aliphatic rings. The molecule has 0 aliphatic heterocycles. The fourth-order valence-electron chi connectivity index (χ4n) is 7.88. The first kappa shape index (κ1) is 37.7. The van der Waals surface area contributed by atoms with Gasteiger partial charge in [0.15, 0.2) is 0 Å². The molecule has 0 heterocycles. The Kier molecular flexibility index (Phi) is 12.2. The lowest BCUT2D eigenvalue weighted by Crippen LogP contribution is -2.56. The minimum absolute atomic E-state index is 0.0712. The van der Waals surface area contributed by atoms with E-state index in [4.69, 9.17) is 9.47 Å². The van der Waals surface area contributed by atoms with Crippen LogP contribution in [0.1, 0.15) is 95.9 Å². The molecule has 0 bridgehead atoms. The Morgan fingerprint density at radius 2 is 0.980 bits per heavy atom. The first-order chi connectivity index (χ1) is 23.8. The van der Waals surface area contributed by atoms with Crippen molar-refractivity contribution in [2.24, 2.45) is 5.41 Å². The molecule has 0 aromatic heterocycles. The summed E-state index contributed by atoms with van der Waals surface area (Å²) in [5.74, 6) is -2.73. The standard InChI is InChI=1S/C43H51F4NO2/c1-28-11-7-12-29(2)40(28)32(24-49-25-33-36(44)15-9-16-37(33)45)23-48-43(21-19-42(5,6)20-22-43)35(41-30(3)13-8-14-31(41)4)27-50-26-34-38(46)17-10-18-39(34)47/h7-18,32,35,48H,19-27H2,1-6H3. The number of nitrogens with one attached hydrogen (secondary N) is 1. The van der Waals surface area contributed by atoms with Gasteiger partial charge in [0.2, 0.25) is 0 Å². The summed E-state index contributed by atoms with van der Waals surface area (Å²) in [4.78, 5) is 0. The van der Waals surface area contributed by atoms with E-state index in [-0.39, 0.29) is 54.8 Å². The highest BCUT2D eigenvalue weighted by Gasteiger charge is 2.45. The number of hydrogen-bond acceptors (Lipinski definition) is 3. The van der Waals surface area contributed by atoms with Crippen LogP contribution in [0.2, 0.25) is 0 Å². The molecule has 1 aliphatic carbocycles. The molecule has 1 saturated carbocycles. The Labute approximate surface area is 295 Å². The van der Waals surface area contributed by atoms with Crippen molar-refractivity contribution in [3.05, 3.63) is 141 Å². The van der Waals surface area contributed by atoms with Crippen molar-refractivity contribution < 1.29 is 27.0 Å². The summed E-state index contributed by atoms with van der Waals surface area (Å²) in [5, 5.41) is 4.07. The maximum Gasteiger partial charge on any atom is 0.131 e. The Hall–Kier alpha value is -3.52. The van der Waals surface area contributed by atoms with E-state index in [0.29, 0.717) is 6.54 Å². The van der Waals surface area contributed by atoms with Crippen LogP contribution in [0, 0.1) is 56.4 Å². The SMILES string of the molecule is Cc1cccc(C)c1C(CNC1(C(COCc2c(F)cccc2F)c2c(C)cccc2C)CCC(C)(C)CC1)COCc1c(F)cccc1F. The fraction of sp³-hybridized carbons (Fsp3) is 0.442. The van der Waals surface area contributed by atoms with Gasteiger partial charge in [0.1, 0.15) is 23.3 Å². The van der Waals surface area contributed by atoms with E-state index in [9.17, 15) is 17.6 Å². The Balaban J connectivity index is 1.49. The van der Waals surface area contributed by atoms with Crippen LogP contribution >= 0.6 is 0 Å². The summed E-state index contributed by atoms with van der Waals surface area (Å²) >= 11 is 0. The van der Waals surface area contributed by atoms with Gasteiger partial charge in [0, 0.05) is 35.0 Å². The molecule has 1 fully saturated rings. The largest absolute Gasteiger partial charge is 0.376 e. The maximum atomic E-state index is 14.6. The van der Waals surface area contributed by atoms with E-state index in [1.165, 1.54) is 42.0 Å². The van der Waals surface area contributed by atoms with Crippen LogP contribution in [-0.2, 0) is 22.7 Å². The van der Waals surface area contributed by atoms with Crippen LogP contribution in [-0.4, -0.2) is 25.3 Å². The highest BCUT2D eigenvalue weighted by Crippen LogP contribution is 2.48. The van der Waals surface area contributed by atoms with Gasteiger partial charge in [-0.25, -0.2) is 17.6 Å². The molecule has 2 unspecified atom stereocenters. The first-order valence-corrected chi connectivity index (χ1v) is 17.7. The van der Waals surface area contributed by atoms with Gasteiger partial charge in [-0.3, -0.25) is 0 Å². The zero-order chi connectivity index (χ0) is 36.1. The van der Waals surface area contributed by atoms with E-state index in [0.717, 1.165) is 53.5 Å². The van der Waals surface area contributed by atoms with Crippen LogP contribution < -0.4 is 5.32 Å². The lowest BCUT2D eigenvalue weighted by Gasteiger charge is -2.50. The highest BCUT2D eigenvalue weighted by atomic mass is 19.1. The number of rotatable bonds is 14. The molecule has 50 heavy (non-hydrogen) atoms. The molecule has 0 radical (unpaired) electrons. The Morgan fingerprint density at radius 3 is 1.44 bits per heavy atom. The summed E-state index contributed by atoms with van der Waals surface area (Å²) in [6.45, 7) is 13.7. The number of ether oxygens (including phenoxy) is 2. The van der Waals surface area contributed by atoms with Crippen molar-refractivity contribution >= 4 is 0 Å². The Morgan fingerprint density at radius 1 is 0.580 bits per heavy atom. The minimum Gasteiger partial charge on any atom is -0.376 e. The molecule has 0 amide bonds. The van der Waals surface area contributed by atoms with Crippen molar-refractivity contribution in [2.75, 3.05) is 19.8 Å². The van der Waals surface area contributed by atoms with Gasteiger partial charge in [-0.1, -0.05) is 62.4 Å². The molecule has 268 valence electrons. The number of hydrogen-bond donors (Lipinski definition) is 1. The first-order valence-electron chi connectivity index (χ1n) is 17.7. The summed E-state index contributed by atoms with van der Waals surface area (Å²) in [7, 11) is 0. The summed E-state index contributed by atoms with van der Waals surface area (Å²) in [6.07, 6.45) is 3.72. The number of benzene rings is 4. The van der Waals surface area contributed by atoms with E-state index >= 15 is 0 Å². The third kappa shape index (κ3) is 8.67. The van der Waals surface area contributed by atoms with Gasteiger partial charge in [0.25, 0.3) is 0 Å². The van der Waals surface area contributed by atoms with E-state index in [2.05, 4.69) is 77.2 Å². The van der Waals surface area contributed by atoms with Crippen molar-refractivity contribution in [3.8, 4) is 0 Å². The maximum absolute atomic E-state index is 14.6.